The Hall–Kier alpha value is 0.200. The minimum atomic E-state index is -1.26. The molecule has 1 rings (SSSR count). The summed E-state index contributed by atoms with van der Waals surface area (Å²) in [5.41, 5.74) is 0.00457. The number of carbonyl (C=O) groups is 2. The molecule has 0 bridgehead atoms. The van der Waals surface area contributed by atoms with Gasteiger partial charge in [0.2, 0.25) is 0 Å². The van der Waals surface area contributed by atoms with Crippen molar-refractivity contribution in [3.63, 3.8) is 0 Å². The van der Waals surface area contributed by atoms with Gasteiger partial charge in [0.1, 0.15) is 0 Å². The summed E-state index contributed by atoms with van der Waals surface area (Å²) < 4.78 is 0. The zero-order chi connectivity index (χ0) is 12.5. The fraction of sp³-hybridized carbons (Fsp3) is 0.833. The van der Waals surface area contributed by atoms with Gasteiger partial charge < -0.3 is 19.8 Å². The number of aliphatic carboxylic acids is 2. The normalized spacial score (nSPS) is 29.2. The Bertz CT molecular complexity index is 295. The number of carbonyl (C=O) groups excluding carboxylic acids is 2. The van der Waals surface area contributed by atoms with Crippen LogP contribution in [0.3, 0.4) is 0 Å². The number of hydrogen-bond donors (Lipinski definition) is 0. The molecule has 0 N–H and O–H groups in total. The third kappa shape index (κ3) is 4.42. The monoisotopic (exact) mass is 266 g/mol. The van der Waals surface area contributed by atoms with Crippen LogP contribution in [0.15, 0.2) is 0 Å². The van der Waals surface area contributed by atoms with E-state index < -0.39 is 23.8 Å². The van der Waals surface area contributed by atoms with Crippen LogP contribution >= 0.6 is 0 Å². The predicted octanol–water partition coefficient (Wildman–Crippen LogP) is -0.816. The Balaban J connectivity index is 0.00000256. The van der Waals surface area contributed by atoms with Crippen molar-refractivity contribution >= 4 is 49.7 Å². The van der Waals surface area contributed by atoms with Crippen LogP contribution in [-0.2, 0) is 9.59 Å². The van der Waals surface area contributed by atoms with Crippen LogP contribution in [0.2, 0.25) is 0 Å². The zero-order valence-electron chi connectivity index (χ0n) is 10.7. The van der Waals surface area contributed by atoms with Gasteiger partial charge in [0.05, 0.1) is 0 Å². The Morgan fingerprint density at radius 3 is 1.82 bits per heavy atom. The van der Waals surface area contributed by atoms with Crippen molar-refractivity contribution in [1.82, 2.24) is 0 Å². The summed E-state index contributed by atoms with van der Waals surface area (Å²) in [5.74, 6) is -4.08. The van der Waals surface area contributed by atoms with E-state index in [1.165, 1.54) is 0 Å². The molecule has 0 aromatic rings. The second-order valence-electron chi connectivity index (χ2n) is 5.73. The van der Waals surface area contributed by atoms with E-state index in [1.54, 1.807) is 0 Å². The van der Waals surface area contributed by atoms with E-state index >= 15 is 0 Å². The summed E-state index contributed by atoms with van der Waals surface area (Å²) in [5, 5.41) is 21.8. The van der Waals surface area contributed by atoms with Crippen LogP contribution in [0.5, 0.6) is 0 Å². The van der Waals surface area contributed by atoms with Crippen molar-refractivity contribution in [1.29, 1.82) is 0 Å². The third-order valence-corrected chi connectivity index (χ3v) is 3.68. The van der Waals surface area contributed by atoms with Crippen LogP contribution in [0.25, 0.3) is 0 Å². The van der Waals surface area contributed by atoms with Crippen molar-refractivity contribution in [3.8, 4) is 0 Å². The molecule has 0 saturated heterocycles. The molecule has 0 aromatic heterocycles. The van der Waals surface area contributed by atoms with Crippen molar-refractivity contribution in [3.05, 3.63) is 0 Å². The first-order valence-corrected chi connectivity index (χ1v) is 5.65. The molecular weight excluding hydrogens is 248 g/mol. The second-order valence-corrected chi connectivity index (χ2v) is 5.73. The molecule has 0 aromatic carbocycles. The maximum atomic E-state index is 10.9. The molecule has 1 aliphatic carbocycles. The number of carboxylic acid groups (broad SMARTS) is 2. The zero-order valence-corrected chi connectivity index (χ0v) is 12.9. The predicted molar refractivity (Wildman–Crippen MR) is 59.5 cm³/mol. The van der Waals surface area contributed by atoms with Crippen molar-refractivity contribution in [2.75, 3.05) is 0 Å². The van der Waals surface area contributed by atoms with E-state index in [-0.39, 0.29) is 49.1 Å². The van der Waals surface area contributed by atoms with Gasteiger partial charge in [-0.1, -0.05) is 20.8 Å². The number of rotatable bonds is 2. The quantitative estimate of drug-likeness (QED) is 0.612. The van der Waals surface area contributed by atoms with Gasteiger partial charge in [-0.2, -0.15) is 0 Å². The summed E-state index contributed by atoms with van der Waals surface area (Å²) in [7, 11) is 0. The topological polar surface area (TPSA) is 80.3 Å². The maximum absolute atomic E-state index is 10.9. The SMILES string of the molecule is CC(C)(C)C1CCC(C(=O)[O-])C(C(=O)[O-])C1.[Ca+2]. The second kappa shape index (κ2) is 6.39. The van der Waals surface area contributed by atoms with Crippen molar-refractivity contribution < 1.29 is 19.8 Å². The first-order chi connectivity index (χ1) is 7.23. The minimum absolute atomic E-state index is 0. The van der Waals surface area contributed by atoms with Gasteiger partial charge in [-0.05, 0) is 30.6 Å². The Morgan fingerprint density at radius 1 is 1.00 bits per heavy atom. The summed E-state index contributed by atoms with van der Waals surface area (Å²) in [6.45, 7) is 6.13. The summed E-state index contributed by atoms with van der Waals surface area (Å²) in [6, 6.07) is 0. The molecular formula is C12H18CaO4. The standard InChI is InChI=1S/C12H20O4.Ca/c1-12(2,3)7-4-5-8(10(13)14)9(6-7)11(15)16;/h7-9H,4-6H2,1-3H3,(H,13,14)(H,15,16);/q;+2/p-2. The van der Waals surface area contributed by atoms with E-state index in [1.807, 2.05) is 20.8 Å². The fourth-order valence-electron chi connectivity index (χ4n) is 2.50. The fourth-order valence-corrected chi connectivity index (χ4v) is 2.50. The molecule has 1 fully saturated rings. The minimum Gasteiger partial charge on any atom is -0.550 e. The molecule has 0 amide bonds. The van der Waals surface area contributed by atoms with Crippen LogP contribution in [-0.4, -0.2) is 49.7 Å². The number of carboxylic acids is 2. The Labute approximate surface area is 132 Å². The van der Waals surface area contributed by atoms with Crippen LogP contribution in [0.1, 0.15) is 40.0 Å². The smallest absolute Gasteiger partial charge is 0.550 e. The molecule has 17 heavy (non-hydrogen) atoms. The van der Waals surface area contributed by atoms with Gasteiger partial charge in [-0.3, -0.25) is 0 Å². The van der Waals surface area contributed by atoms with E-state index in [0.717, 1.165) is 6.42 Å². The molecule has 0 aliphatic heterocycles. The van der Waals surface area contributed by atoms with Gasteiger partial charge >= 0.3 is 37.7 Å². The molecule has 4 nitrogen and oxygen atoms in total. The number of hydrogen-bond acceptors (Lipinski definition) is 4. The van der Waals surface area contributed by atoms with Crippen LogP contribution in [0, 0.1) is 23.2 Å². The maximum Gasteiger partial charge on any atom is 2.00 e. The van der Waals surface area contributed by atoms with E-state index in [2.05, 4.69) is 0 Å². The van der Waals surface area contributed by atoms with Gasteiger partial charge in [0.15, 0.2) is 0 Å². The average molecular weight is 266 g/mol. The van der Waals surface area contributed by atoms with E-state index in [9.17, 15) is 19.8 Å². The molecule has 1 aliphatic rings. The van der Waals surface area contributed by atoms with Crippen molar-refractivity contribution in [2.45, 2.75) is 40.0 Å². The van der Waals surface area contributed by atoms with E-state index in [0.29, 0.717) is 12.8 Å². The third-order valence-electron chi connectivity index (χ3n) is 3.68. The van der Waals surface area contributed by atoms with E-state index in [4.69, 9.17) is 0 Å². The van der Waals surface area contributed by atoms with Crippen LogP contribution in [0.4, 0.5) is 0 Å². The molecule has 0 spiro atoms. The first-order valence-electron chi connectivity index (χ1n) is 5.65. The summed E-state index contributed by atoms with van der Waals surface area (Å²) >= 11 is 0. The first kappa shape index (κ1) is 17.2. The molecule has 1 saturated carbocycles. The largest absolute Gasteiger partial charge is 2.00 e. The van der Waals surface area contributed by atoms with Gasteiger partial charge in [0, 0.05) is 23.8 Å². The van der Waals surface area contributed by atoms with Gasteiger partial charge in [-0.15, -0.1) is 0 Å². The molecule has 92 valence electrons. The molecule has 3 unspecified atom stereocenters. The van der Waals surface area contributed by atoms with Gasteiger partial charge in [0.25, 0.3) is 0 Å². The van der Waals surface area contributed by atoms with Crippen LogP contribution < -0.4 is 10.2 Å². The Morgan fingerprint density at radius 2 is 1.47 bits per heavy atom. The summed E-state index contributed by atoms with van der Waals surface area (Å²) in [6.07, 6.45) is 1.50. The summed E-state index contributed by atoms with van der Waals surface area (Å²) in [4.78, 5) is 21.8. The van der Waals surface area contributed by atoms with Crippen molar-refractivity contribution in [2.24, 2.45) is 23.2 Å². The average Bonchev–Trinajstić information content (AvgIpc) is 2.15. The molecule has 0 radical (unpaired) electrons. The molecule has 3 atom stereocenters. The molecule has 0 heterocycles. The Kier molecular flexibility index (Phi) is 6.47. The molecule has 5 heteroatoms. The van der Waals surface area contributed by atoms with Gasteiger partial charge in [-0.25, -0.2) is 0 Å².